The fraction of sp³-hybridized carbons (Fsp3) is 0.708. The molecule has 1 N–H and O–H groups in total. The number of nitrogens with one attached hydrogen (secondary N) is 1. The Morgan fingerprint density at radius 2 is 1.69 bits per heavy atom. The molecule has 4 nitrogen and oxygen atoms in total. The van der Waals surface area contributed by atoms with E-state index < -0.39 is 0 Å². The quantitative estimate of drug-likeness (QED) is 0.758. The minimum Gasteiger partial charge on any atom is -0.339 e. The number of rotatable bonds is 4. The second-order valence-corrected chi connectivity index (χ2v) is 9.84. The first-order valence-corrected chi connectivity index (χ1v) is 11.3. The van der Waals surface area contributed by atoms with E-state index in [1.54, 1.807) is 0 Å². The predicted molar refractivity (Wildman–Crippen MR) is 123 cm³/mol. The molecule has 1 saturated carbocycles. The summed E-state index contributed by atoms with van der Waals surface area (Å²) < 4.78 is 0. The summed E-state index contributed by atoms with van der Waals surface area (Å²) in [4.78, 5) is 17.8. The molecule has 4 rings (SSSR count). The van der Waals surface area contributed by atoms with Gasteiger partial charge in [0, 0.05) is 24.8 Å². The van der Waals surface area contributed by atoms with Gasteiger partial charge in [-0.1, -0.05) is 45.4 Å². The van der Waals surface area contributed by atoms with E-state index in [0.717, 1.165) is 43.6 Å². The first-order chi connectivity index (χ1) is 13.5. The van der Waals surface area contributed by atoms with Gasteiger partial charge in [-0.15, -0.1) is 12.4 Å². The molecule has 1 spiro atoms. The summed E-state index contributed by atoms with van der Waals surface area (Å²) in [7, 11) is 0. The highest BCUT2D eigenvalue weighted by atomic mass is 35.5. The van der Waals surface area contributed by atoms with Gasteiger partial charge in [-0.2, -0.15) is 0 Å². The fourth-order valence-corrected chi connectivity index (χ4v) is 5.80. The van der Waals surface area contributed by atoms with Gasteiger partial charge in [-0.05, 0) is 62.0 Å². The van der Waals surface area contributed by atoms with Gasteiger partial charge in [-0.25, -0.2) is 0 Å². The molecule has 0 atom stereocenters. The monoisotopic (exact) mass is 419 g/mol. The van der Waals surface area contributed by atoms with Crippen LogP contribution in [0.4, 0.5) is 5.69 Å². The lowest BCUT2D eigenvalue weighted by atomic mass is 9.68. The molecule has 5 heteroatoms. The number of amides is 1. The molecule has 0 bridgehead atoms. The van der Waals surface area contributed by atoms with Crippen LogP contribution in [0.15, 0.2) is 30.3 Å². The third-order valence-electron chi connectivity index (χ3n) is 8.26. The van der Waals surface area contributed by atoms with Crippen LogP contribution in [-0.4, -0.2) is 42.1 Å². The Bertz CT molecular complexity index is 677. The second-order valence-electron chi connectivity index (χ2n) is 9.84. The van der Waals surface area contributed by atoms with Gasteiger partial charge in [-0.3, -0.25) is 4.79 Å². The van der Waals surface area contributed by atoms with Gasteiger partial charge in [0.25, 0.3) is 0 Å². The number of hydrogen-bond donors (Lipinski definition) is 1. The zero-order valence-electron chi connectivity index (χ0n) is 18.3. The number of halogens is 1. The Morgan fingerprint density at radius 1 is 1.07 bits per heavy atom. The van der Waals surface area contributed by atoms with Gasteiger partial charge in [0.1, 0.15) is 5.54 Å². The minimum atomic E-state index is -0.348. The molecule has 29 heavy (non-hydrogen) atoms. The van der Waals surface area contributed by atoms with Gasteiger partial charge < -0.3 is 15.1 Å². The number of carbonyl (C=O) groups is 1. The number of likely N-dealkylation sites (tertiary alicyclic amines) is 1. The van der Waals surface area contributed by atoms with Gasteiger partial charge in [0.2, 0.25) is 5.91 Å². The maximum Gasteiger partial charge on any atom is 0.247 e. The van der Waals surface area contributed by atoms with E-state index in [0.29, 0.717) is 12.1 Å². The van der Waals surface area contributed by atoms with Crippen molar-refractivity contribution in [2.75, 3.05) is 24.7 Å². The topological polar surface area (TPSA) is 35.6 Å². The number of piperidine rings is 1. The molecular formula is C24H38ClN3O. The third kappa shape index (κ3) is 4.16. The predicted octanol–water partition coefficient (Wildman–Crippen LogP) is 4.83. The smallest absolute Gasteiger partial charge is 0.247 e. The third-order valence-corrected chi connectivity index (χ3v) is 8.26. The zero-order chi connectivity index (χ0) is 19.8. The molecule has 1 aromatic carbocycles. The largest absolute Gasteiger partial charge is 0.339 e. The number of benzene rings is 1. The van der Waals surface area contributed by atoms with Crippen LogP contribution in [0.25, 0.3) is 0 Å². The fourth-order valence-electron chi connectivity index (χ4n) is 5.80. The van der Waals surface area contributed by atoms with Crippen molar-refractivity contribution in [3.8, 4) is 0 Å². The van der Waals surface area contributed by atoms with Crippen LogP contribution in [0, 0.1) is 11.3 Å². The van der Waals surface area contributed by atoms with E-state index in [2.05, 4.69) is 60.2 Å². The maximum atomic E-state index is 12.8. The van der Waals surface area contributed by atoms with Crippen LogP contribution in [0.1, 0.15) is 65.7 Å². The van der Waals surface area contributed by atoms with Crippen molar-refractivity contribution < 1.29 is 4.79 Å². The second kappa shape index (κ2) is 8.85. The van der Waals surface area contributed by atoms with Gasteiger partial charge in [0.05, 0.1) is 6.67 Å². The molecular weight excluding hydrogens is 382 g/mol. The molecule has 2 aliphatic heterocycles. The number of anilines is 1. The average molecular weight is 420 g/mol. The van der Waals surface area contributed by atoms with Crippen molar-refractivity contribution in [3.63, 3.8) is 0 Å². The summed E-state index contributed by atoms with van der Waals surface area (Å²) in [5, 5.41) is 3.12. The van der Waals surface area contributed by atoms with Crippen molar-refractivity contribution in [1.29, 1.82) is 0 Å². The molecule has 0 aromatic heterocycles. The van der Waals surface area contributed by atoms with Crippen molar-refractivity contribution in [2.24, 2.45) is 11.3 Å². The summed E-state index contributed by atoms with van der Waals surface area (Å²) in [6.07, 6.45) is 8.54. The van der Waals surface area contributed by atoms with Crippen LogP contribution in [0.5, 0.6) is 0 Å². The molecule has 3 fully saturated rings. The van der Waals surface area contributed by atoms with Gasteiger partial charge in [0.15, 0.2) is 0 Å². The Hall–Kier alpha value is -1.26. The molecule has 1 amide bonds. The zero-order valence-corrected chi connectivity index (χ0v) is 19.1. The Kier molecular flexibility index (Phi) is 6.84. The first kappa shape index (κ1) is 22.4. The number of nitrogens with zero attached hydrogens (tertiary/aromatic N) is 2. The average Bonchev–Trinajstić information content (AvgIpc) is 3.05. The summed E-state index contributed by atoms with van der Waals surface area (Å²) in [5.41, 5.74) is 1.30. The van der Waals surface area contributed by atoms with E-state index in [1.807, 2.05) is 6.07 Å². The van der Waals surface area contributed by atoms with E-state index in [-0.39, 0.29) is 23.9 Å². The molecule has 3 aliphatic rings. The minimum absolute atomic E-state index is 0. The van der Waals surface area contributed by atoms with E-state index in [1.165, 1.54) is 32.1 Å². The first-order valence-electron chi connectivity index (χ1n) is 11.3. The van der Waals surface area contributed by atoms with Crippen molar-refractivity contribution in [1.82, 2.24) is 10.2 Å². The highest BCUT2D eigenvalue weighted by molar-refractivity contribution is 5.93. The van der Waals surface area contributed by atoms with E-state index in [9.17, 15) is 4.79 Å². The normalized spacial score (nSPS) is 27.6. The highest BCUT2D eigenvalue weighted by Gasteiger charge is 2.51. The SMILES string of the molecule is CCC(C)(C)C1CCC(N2CCC3(CC2)C(=O)NCN3c2ccccc2)CC1.Cl. The van der Waals surface area contributed by atoms with Crippen LogP contribution in [0.3, 0.4) is 0 Å². The van der Waals surface area contributed by atoms with Gasteiger partial charge >= 0.3 is 0 Å². The molecule has 0 radical (unpaired) electrons. The van der Waals surface area contributed by atoms with E-state index >= 15 is 0 Å². The maximum absolute atomic E-state index is 12.8. The molecule has 2 saturated heterocycles. The molecule has 162 valence electrons. The lowest BCUT2D eigenvalue weighted by Crippen LogP contribution is -2.58. The molecule has 2 heterocycles. The van der Waals surface area contributed by atoms with Crippen LogP contribution < -0.4 is 10.2 Å². The lowest BCUT2D eigenvalue weighted by Gasteiger charge is -2.48. The molecule has 1 aromatic rings. The van der Waals surface area contributed by atoms with E-state index in [4.69, 9.17) is 0 Å². The summed E-state index contributed by atoms with van der Waals surface area (Å²) in [5.74, 6) is 1.10. The Labute approximate surface area is 182 Å². The van der Waals surface area contributed by atoms with Crippen molar-refractivity contribution in [3.05, 3.63) is 30.3 Å². The van der Waals surface area contributed by atoms with Crippen LogP contribution in [-0.2, 0) is 4.79 Å². The standard InChI is InChI=1S/C24H37N3O.ClH/c1-4-23(2,3)19-10-12-20(13-11-19)26-16-14-24(15-17-26)22(28)25-18-27(24)21-8-6-5-7-9-21;/h5-9,19-20H,4,10-18H2,1-3H3,(H,25,28);1H. The Morgan fingerprint density at radius 3 is 2.28 bits per heavy atom. The number of para-hydroxylation sites is 1. The number of hydrogen-bond acceptors (Lipinski definition) is 3. The van der Waals surface area contributed by atoms with Crippen molar-refractivity contribution in [2.45, 2.75) is 77.3 Å². The highest BCUT2D eigenvalue weighted by Crippen LogP contribution is 2.43. The summed E-state index contributed by atoms with van der Waals surface area (Å²) >= 11 is 0. The Balaban J connectivity index is 0.00000240. The van der Waals surface area contributed by atoms with Crippen molar-refractivity contribution >= 4 is 24.0 Å². The van der Waals surface area contributed by atoms with Crippen LogP contribution >= 0.6 is 12.4 Å². The number of carbonyl (C=O) groups excluding carboxylic acids is 1. The summed E-state index contributed by atoms with van der Waals surface area (Å²) in [6, 6.07) is 11.2. The van der Waals surface area contributed by atoms with Crippen LogP contribution in [0.2, 0.25) is 0 Å². The lowest BCUT2D eigenvalue weighted by molar-refractivity contribution is -0.125. The molecule has 1 aliphatic carbocycles. The summed E-state index contributed by atoms with van der Waals surface area (Å²) in [6.45, 7) is 9.95. The molecule has 0 unspecified atom stereocenters.